The highest BCUT2D eigenvalue weighted by Crippen LogP contribution is 2.28. The maximum atomic E-state index is 12.0. The van der Waals surface area contributed by atoms with Crippen LogP contribution in [0.15, 0.2) is 29.3 Å². The van der Waals surface area contributed by atoms with Gasteiger partial charge in [0.05, 0.1) is 19.3 Å². The van der Waals surface area contributed by atoms with Gasteiger partial charge in [-0.1, -0.05) is 12.1 Å². The van der Waals surface area contributed by atoms with Crippen LogP contribution >= 0.6 is 24.0 Å². The number of ether oxygens (including phenoxy) is 1. The number of para-hydroxylation sites is 2. The zero-order valence-corrected chi connectivity index (χ0v) is 19.2. The Morgan fingerprint density at radius 3 is 2.37 bits per heavy atom. The molecule has 0 atom stereocenters. The standard InChI is InChI=1S/C19H31N5O2.HI/c1-19(2,3)22-17(25)14-21-18(20-4)24-12-10-23(11-13-24)15-8-6-7-9-16(15)26-5;/h6-9H,10-14H2,1-5H3,(H,20,21)(H,22,25);1H. The second-order valence-corrected chi connectivity index (χ2v) is 7.34. The number of nitrogens with zero attached hydrogens (tertiary/aromatic N) is 3. The van der Waals surface area contributed by atoms with Crippen LogP contribution in [0.5, 0.6) is 5.75 Å². The molecule has 1 aliphatic rings. The van der Waals surface area contributed by atoms with Crippen molar-refractivity contribution < 1.29 is 9.53 Å². The minimum absolute atomic E-state index is 0. The van der Waals surface area contributed by atoms with E-state index < -0.39 is 0 Å². The number of piperazine rings is 1. The van der Waals surface area contributed by atoms with Gasteiger partial charge >= 0.3 is 0 Å². The van der Waals surface area contributed by atoms with Gasteiger partial charge in [0, 0.05) is 38.8 Å². The molecule has 0 aliphatic carbocycles. The molecule has 1 aromatic rings. The summed E-state index contributed by atoms with van der Waals surface area (Å²) in [5, 5.41) is 6.10. The third-order valence-corrected chi connectivity index (χ3v) is 4.14. The van der Waals surface area contributed by atoms with Crippen LogP contribution in [0.2, 0.25) is 0 Å². The number of nitrogens with one attached hydrogen (secondary N) is 2. The topological polar surface area (TPSA) is 69.2 Å². The number of hydrogen-bond donors (Lipinski definition) is 2. The highest BCUT2D eigenvalue weighted by atomic mass is 127. The van der Waals surface area contributed by atoms with Gasteiger partial charge in [0.1, 0.15) is 5.75 Å². The fourth-order valence-electron chi connectivity index (χ4n) is 3.00. The number of guanidine groups is 1. The lowest BCUT2D eigenvalue weighted by Crippen LogP contribution is -2.54. The molecule has 1 aliphatic heterocycles. The summed E-state index contributed by atoms with van der Waals surface area (Å²) in [6, 6.07) is 8.07. The summed E-state index contributed by atoms with van der Waals surface area (Å²) in [6.45, 7) is 9.53. The Hall–Kier alpha value is -1.71. The Morgan fingerprint density at radius 2 is 1.81 bits per heavy atom. The number of hydrogen-bond acceptors (Lipinski definition) is 4. The van der Waals surface area contributed by atoms with Gasteiger partial charge < -0.3 is 25.2 Å². The molecule has 0 radical (unpaired) electrons. The average Bonchev–Trinajstić information content (AvgIpc) is 2.61. The van der Waals surface area contributed by atoms with E-state index in [4.69, 9.17) is 4.74 Å². The van der Waals surface area contributed by atoms with Crippen molar-refractivity contribution in [3.05, 3.63) is 24.3 Å². The van der Waals surface area contributed by atoms with Gasteiger partial charge in [0.15, 0.2) is 5.96 Å². The minimum Gasteiger partial charge on any atom is -0.495 e. The molecule has 27 heavy (non-hydrogen) atoms. The molecule has 1 aromatic carbocycles. The number of rotatable bonds is 4. The molecule has 0 saturated carbocycles. The first-order valence-electron chi connectivity index (χ1n) is 8.98. The predicted octanol–water partition coefficient (Wildman–Crippen LogP) is 1.93. The van der Waals surface area contributed by atoms with Gasteiger partial charge in [-0.3, -0.25) is 9.79 Å². The van der Waals surface area contributed by atoms with E-state index >= 15 is 0 Å². The summed E-state index contributed by atoms with van der Waals surface area (Å²) in [5.41, 5.74) is 0.880. The molecular weight excluding hydrogens is 457 g/mol. The number of anilines is 1. The average molecular weight is 489 g/mol. The lowest BCUT2D eigenvalue weighted by atomic mass is 10.1. The zero-order valence-electron chi connectivity index (χ0n) is 16.9. The van der Waals surface area contributed by atoms with E-state index in [0.29, 0.717) is 0 Å². The largest absolute Gasteiger partial charge is 0.495 e. The van der Waals surface area contributed by atoms with Crippen molar-refractivity contribution in [3.63, 3.8) is 0 Å². The maximum Gasteiger partial charge on any atom is 0.239 e. The van der Waals surface area contributed by atoms with Crippen LogP contribution in [-0.4, -0.2) is 69.2 Å². The van der Waals surface area contributed by atoms with E-state index in [9.17, 15) is 4.79 Å². The molecule has 7 nitrogen and oxygen atoms in total. The van der Waals surface area contributed by atoms with Crippen LogP contribution in [0.4, 0.5) is 5.69 Å². The van der Waals surface area contributed by atoms with Gasteiger partial charge in [-0.2, -0.15) is 0 Å². The second-order valence-electron chi connectivity index (χ2n) is 7.34. The SMILES string of the molecule is CN=C(NCC(=O)NC(C)(C)C)N1CCN(c2ccccc2OC)CC1.I. The number of benzene rings is 1. The molecule has 8 heteroatoms. The lowest BCUT2D eigenvalue weighted by Gasteiger charge is -2.38. The molecule has 1 saturated heterocycles. The summed E-state index contributed by atoms with van der Waals surface area (Å²) < 4.78 is 5.46. The summed E-state index contributed by atoms with van der Waals surface area (Å²) in [5.74, 6) is 1.61. The van der Waals surface area contributed by atoms with Crippen LogP contribution < -0.4 is 20.3 Å². The first kappa shape index (κ1) is 23.3. The van der Waals surface area contributed by atoms with Crippen molar-refractivity contribution >= 4 is 41.5 Å². The Labute approximate surface area is 179 Å². The van der Waals surface area contributed by atoms with E-state index in [1.54, 1.807) is 14.2 Å². The monoisotopic (exact) mass is 489 g/mol. The number of halogens is 1. The zero-order chi connectivity index (χ0) is 19.2. The number of methoxy groups -OCH3 is 1. The molecule has 0 bridgehead atoms. The molecule has 0 aromatic heterocycles. The molecule has 1 amide bonds. The van der Waals surface area contributed by atoms with Crippen molar-refractivity contribution in [1.29, 1.82) is 0 Å². The highest BCUT2D eigenvalue weighted by molar-refractivity contribution is 14.0. The summed E-state index contributed by atoms with van der Waals surface area (Å²) in [7, 11) is 3.44. The van der Waals surface area contributed by atoms with E-state index in [0.717, 1.165) is 43.6 Å². The van der Waals surface area contributed by atoms with Gasteiger partial charge in [0.2, 0.25) is 5.91 Å². The summed E-state index contributed by atoms with van der Waals surface area (Å²) >= 11 is 0. The summed E-state index contributed by atoms with van der Waals surface area (Å²) in [6.07, 6.45) is 0. The van der Waals surface area contributed by atoms with Crippen LogP contribution in [-0.2, 0) is 4.79 Å². The van der Waals surface area contributed by atoms with Gasteiger partial charge in [-0.05, 0) is 32.9 Å². The van der Waals surface area contributed by atoms with Crippen molar-refractivity contribution in [2.75, 3.05) is 51.8 Å². The van der Waals surface area contributed by atoms with Gasteiger partial charge in [-0.15, -0.1) is 24.0 Å². The third kappa shape index (κ3) is 7.08. The fraction of sp³-hybridized carbons (Fsp3) is 0.579. The molecular formula is C19H32IN5O2. The first-order chi connectivity index (χ1) is 12.3. The number of carbonyl (C=O) groups is 1. The Balaban J connectivity index is 0.00000364. The van der Waals surface area contributed by atoms with Crippen molar-refractivity contribution in [2.24, 2.45) is 4.99 Å². The van der Waals surface area contributed by atoms with Gasteiger partial charge in [0.25, 0.3) is 0 Å². The highest BCUT2D eigenvalue weighted by Gasteiger charge is 2.22. The van der Waals surface area contributed by atoms with Crippen molar-refractivity contribution in [2.45, 2.75) is 26.3 Å². The first-order valence-corrected chi connectivity index (χ1v) is 8.98. The molecule has 0 spiro atoms. The lowest BCUT2D eigenvalue weighted by molar-refractivity contribution is -0.121. The number of aliphatic imine (C=N–C) groups is 1. The maximum absolute atomic E-state index is 12.0. The molecule has 0 unspecified atom stereocenters. The molecule has 1 heterocycles. The molecule has 2 rings (SSSR count). The van der Waals surface area contributed by atoms with Gasteiger partial charge in [-0.25, -0.2) is 0 Å². The van der Waals surface area contributed by atoms with E-state index in [1.165, 1.54) is 0 Å². The smallest absolute Gasteiger partial charge is 0.239 e. The van der Waals surface area contributed by atoms with Crippen molar-refractivity contribution in [3.8, 4) is 5.75 Å². The molecule has 2 N–H and O–H groups in total. The van der Waals surface area contributed by atoms with Crippen molar-refractivity contribution in [1.82, 2.24) is 15.5 Å². The third-order valence-electron chi connectivity index (χ3n) is 4.14. The van der Waals surface area contributed by atoms with Crippen LogP contribution in [0.1, 0.15) is 20.8 Å². The predicted molar refractivity (Wildman–Crippen MR) is 121 cm³/mol. The Kier molecular flexibility index (Phi) is 9.14. The minimum atomic E-state index is -0.233. The normalized spacial score (nSPS) is 15.1. The molecule has 1 fully saturated rings. The number of amides is 1. The fourth-order valence-corrected chi connectivity index (χ4v) is 3.00. The molecule has 152 valence electrons. The van der Waals surface area contributed by atoms with Crippen LogP contribution in [0.25, 0.3) is 0 Å². The quantitative estimate of drug-likeness (QED) is 0.385. The number of carbonyl (C=O) groups excluding carboxylic acids is 1. The van der Waals surface area contributed by atoms with Crippen LogP contribution in [0.3, 0.4) is 0 Å². The van der Waals surface area contributed by atoms with E-state index in [2.05, 4.69) is 31.5 Å². The summed E-state index contributed by atoms with van der Waals surface area (Å²) in [4.78, 5) is 20.8. The Morgan fingerprint density at radius 1 is 1.19 bits per heavy atom. The Bertz CT molecular complexity index is 637. The second kappa shape index (κ2) is 10.6. The van der Waals surface area contributed by atoms with E-state index in [-0.39, 0.29) is 42.0 Å². The van der Waals surface area contributed by atoms with E-state index in [1.807, 2.05) is 39.0 Å². The van der Waals surface area contributed by atoms with Crippen LogP contribution in [0, 0.1) is 0 Å².